The third-order valence-electron chi connectivity index (χ3n) is 1.56. The van der Waals surface area contributed by atoms with E-state index in [9.17, 15) is 0 Å². The summed E-state index contributed by atoms with van der Waals surface area (Å²) in [6.45, 7) is 5.15. The molecule has 1 aromatic rings. The van der Waals surface area contributed by atoms with Crippen LogP contribution < -0.4 is 5.32 Å². The van der Waals surface area contributed by atoms with E-state index in [1.54, 1.807) is 6.20 Å². The highest BCUT2D eigenvalue weighted by Gasteiger charge is 2.02. The molecule has 0 spiro atoms. The quantitative estimate of drug-likeness (QED) is 0.721. The van der Waals surface area contributed by atoms with Crippen molar-refractivity contribution in [2.45, 2.75) is 26.7 Å². The van der Waals surface area contributed by atoms with Gasteiger partial charge in [-0.3, -0.25) is 0 Å². The van der Waals surface area contributed by atoms with Gasteiger partial charge in [0, 0.05) is 12.1 Å². The van der Waals surface area contributed by atoms with E-state index >= 15 is 0 Å². The zero-order valence-corrected chi connectivity index (χ0v) is 7.05. The number of aryl methyl sites for hydroxylation is 1. The average Bonchev–Trinajstić information content (AvgIpc) is 2.47. The second kappa shape index (κ2) is 4.01. The molecule has 0 unspecified atom stereocenters. The number of hydrogen-bond acceptors (Lipinski definition) is 3. The van der Waals surface area contributed by atoms with Gasteiger partial charge in [-0.2, -0.15) is 0 Å². The molecule has 1 N–H and O–H groups in total. The van der Waals surface area contributed by atoms with Gasteiger partial charge in [-0.15, -0.1) is 0 Å². The Bertz CT molecular complexity index is 208. The first-order chi connectivity index (χ1) is 5.38. The molecule has 1 rings (SSSR count). The topological polar surface area (TPSA) is 38.1 Å². The van der Waals surface area contributed by atoms with Gasteiger partial charge in [-0.25, -0.2) is 0 Å². The largest absolute Gasteiger partial charge is 0.354 e. The standard InChI is InChI=1S/C8H14N2O/c1-3-5-9-8-7(4-2)6-10-11-8/h6,9H,3-5H2,1-2H3. The smallest absolute Gasteiger partial charge is 0.227 e. The van der Waals surface area contributed by atoms with Crippen LogP contribution in [0.25, 0.3) is 0 Å². The van der Waals surface area contributed by atoms with E-state index in [1.165, 1.54) is 0 Å². The van der Waals surface area contributed by atoms with Gasteiger partial charge in [0.15, 0.2) is 0 Å². The molecule has 0 saturated heterocycles. The van der Waals surface area contributed by atoms with Crippen LogP contribution in [0.5, 0.6) is 0 Å². The normalized spacial score (nSPS) is 10.0. The fourth-order valence-corrected chi connectivity index (χ4v) is 0.896. The number of anilines is 1. The van der Waals surface area contributed by atoms with Crippen LogP contribution in [0.15, 0.2) is 10.7 Å². The lowest BCUT2D eigenvalue weighted by Crippen LogP contribution is -2.00. The number of nitrogens with one attached hydrogen (secondary N) is 1. The van der Waals surface area contributed by atoms with Crippen LogP contribution >= 0.6 is 0 Å². The molecular formula is C8H14N2O. The van der Waals surface area contributed by atoms with E-state index in [2.05, 4.69) is 24.3 Å². The summed E-state index contributed by atoms with van der Waals surface area (Å²) in [6, 6.07) is 0. The molecule has 11 heavy (non-hydrogen) atoms. The zero-order valence-electron chi connectivity index (χ0n) is 7.05. The molecule has 0 aliphatic rings. The molecule has 0 atom stereocenters. The number of nitrogens with zero attached hydrogens (tertiary/aromatic N) is 1. The van der Waals surface area contributed by atoms with E-state index in [-0.39, 0.29) is 0 Å². The predicted octanol–water partition coefficient (Wildman–Crippen LogP) is 2.06. The Morgan fingerprint density at radius 1 is 1.55 bits per heavy atom. The van der Waals surface area contributed by atoms with E-state index in [0.29, 0.717) is 0 Å². The molecule has 0 saturated carbocycles. The minimum absolute atomic E-state index is 0.828. The summed E-state index contributed by atoms with van der Waals surface area (Å²) in [7, 11) is 0. The lowest BCUT2D eigenvalue weighted by Gasteiger charge is -1.99. The monoisotopic (exact) mass is 154 g/mol. The Morgan fingerprint density at radius 2 is 2.36 bits per heavy atom. The Hall–Kier alpha value is -0.990. The molecular weight excluding hydrogens is 140 g/mol. The average molecular weight is 154 g/mol. The van der Waals surface area contributed by atoms with Crippen molar-refractivity contribution in [3.63, 3.8) is 0 Å². The maximum Gasteiger partial charge on any atom is 0.227 e. The third kappa shape index (κ3) is 1.97. The maximum absolute atomic E-state index is 5.00. The Balaban J connectivity index is 2.54. The van der Waals surface area contributed by atoms with E-state index in [4.69, 9.17) is 4.52 Å². The van der Waals surface area contributed by atoms with Crippen LogP contribution in [0, 0.1) is 0 Å². The second-order valence-corrected chi connectivity index (χ2v) is 2.46. The van der Waals surface area contributed by atoms with Gasteiger partial charge >= 0.3 is 0 Å². The summed E-state index contributed by atoms with van der Waals surface area (Å²) in [5.41, 5.74) is 1.15. The van der Waals surface area contributed by atoms with Gasteiger partial charge in [-0.1, -0.05) is 19.0 Å². The summed E-state index contributed by atoms with van der Waals surface area (Å²) in [5.74, 6) is 0.828. The van der Waals surface area contributed by atoms with Crippen LogP contribution in [0.4, 0.5) is 5.88 Å². The summed E-state index contributed by atoms with van der Waals surface area (Å²) < 4.78 is 5.00. The van der Waals surface area contributed by atoms with Gasteiger partial charge < -0.3 is 9.84 Å². The fraction of sp³-hybridized carbons (Fsp3) is 0.625. The first-order valence-electron chi connectivity index (χ1n) is 4.05. The first-order valence-corrected chi connectivity index (χ1v) is 4.05. The van der Waals surface area contributed by atoms with Crippen LogP contribution in [0.2, 0.25) is 0 Å². The van der Waals surface area contributed by atoms with Crippen molar-refractivity contribution in [1.29, 1.82) is 0 Å². The molecule has 62 valence electrons. The molecule has 0 aromatic carbocycles. The van der Waals surface area contributed by atoms with E-state index in [0.717, 1.165) is 30.8 Å². The van der Waals surface area contributed by atoms with Crippen molar-refractivity contribution in [2.75, 3.05) is 11.9 Å². The molecule has 0 radical (unpaired) electrons. The van der Waals surface area contributed by atoms with Crippen LogP contribution in [0.1, 0.15) is 25.8 Å². The highest BCUT2D eigenvalue weighted by molar-refractivity contribution is 5.38. The maximum atomic E-state index is 5.00. The van der Waals surface area contributed by atoms with Crippen molar-refractivity contribution in [3.05, 3.63) is 11.8 Å². The molecule has 0 aliphatic carbocycles. The highest BCUT2D eigenvalue weighted by atomic mass is 16.5. The van der Waals surface area contributed by atoms with E-state index < -0.39 is 0 Å². The SMILES string of the molecule is CCCNc1oncc1CC. The second-order valence-electron chi connectivity index (χ2n) is 2.46. The summed E-state index contributed by atoms with van der Waals surface area (Å²) in [4.78, 5) is 0. The Kier molecular flexibility index (Phi) is 2.95. The summed E-state index contributed by atoms with van der Waals surface area (Å²) in [6.07, 6.45) is 3.83. The fourth-order valence-electron chi connectivity index (χ4n) is 0.896. The van der Waals surface area contributed by atoms with Crippen LogP contribution in [-0.4, -0.2) is 11.7 Å². The lowest BCUT2D eigenvalue weighted by atomic mass is 10.2. The number of hydrogen-bond donors (Lipinski definition) is 1. The predicted molar refractivity (Wildman–Crippen MR) is 44.7 cm³/mol. The molecule has 0 amide bonds. The van der Waals surface area contributed by atoms with Crippen molar-refractivity contribution in [3.8, 4) is 0 Å². The summed E-state index contributed by atoms with van der Waals surface area (Å²) in [5, 5.41) is 6.87. The summed E-state index contributed by atoms with van der Waals surface area (Å²) >= 11 is 0. The van der Waals surface area contributed by atoms with Gasteiger partial charge in [0.25, 0.3) is 0 Å². The molecule has 0 aliphatic heterocycles. The van der Waals surface area contributed by atoms with Crippen molar-refractivity contribution in [2.24, 2.45) is 0 Å². The van der Waals surface area contributed by atoms with Gasteiger partial charge in [-0.05, 0) is 12.8 Å². The van der Waals surface area contributed by atoms with Crippen molar-refractivity contribution < 1.29 is 4.52 Å². The Morgan fingerprint density at radius 3 is 3.00 bits per heavy atom. The molecule has 1 aromatic heterocycles. The van der Waals surface area contributed by atoms with Gasteiger partial charge in [0.1, 0.15) is 0 Å². The number of aromatic nitrogens is 1. The molecule has 0 bridgehead atoms. The van der Waals surface area contributed by atoms with E-state index in [1.807, 2.05) is 0 Å². The third-order valence-corrected chi connectivity index (χ3v) is 1.56. The van der Waals surface area contributed by atoms with Gasteiger partial charge in [0.2, 0.25) is 5.88 Å². The van der Waals surface area contributed by atoms with Crippen LogP contribution in [-0.2, 0) is 6.42 Å². The minimum atomic E-state index is 0.828. The minimum Gasteiger partial charge on any atom is -0.354 e. The van der Waals surface area contributed by atoms with Crippen molar-refractivity contribution >= 4 is 5.88 Å². The zero-order chi connectivity index (χ0) is 8.10. The van der Waals surface area contributed by atoms with Crippen molar-refractivity contribution in [1.82, 2.24) is 5.16 Å². The molecule has 0 fully saturated rings. The molecule has 3 nitrogen and oxygen atoms in total. The lowest BCUT2D eigenvalue weighted by molar-refractivity contribution is 0.431. The highest BCUT2D eigenvalue weighted by Crippen LogP contribution is 2.14. The number of rotatable bonds is 4. The first kappa shape index (κ1) is 8.11. The van der Waals surface area contributed by atoms with Gasteiger partial charge in [0.05, 0.1) is 6.20 Å². The van der Waals surface area contributed by atoms with Crippen LogP contribution in [0.3, 0.4) is 0 Å². The molecule has 1 heterocycles. The molecule has 3 heteroatoms. The Labute approximate surface area is 66.8 Å².